The van der Waals surface area contributed by atoms with Crippen molar-refractivity contribution in [1.29, 1.82) is 0 Å². The molecule has 25 heavy (non-hydrogen) atoms. The van der Waals surface area contributed by atoms with Crippen molar-refractivity contribution in [2.24, 2.45) is 14.1 Å². The molecule has 9 heteroatoms. The van der Waals surface area contributed by atoms with E-state index in [2.05, 4.69) is 9.97 Å². The van der Waals surface area contributed by atoms with Crippen molar-refractivity contribution in [1.82, 2.24) is 19.1 Å². The number of aromatic nitrogens is 4. The first-order valence-electron chi connectivity index (χ1n) is 7.41. The molecule has 0 aliphatic rings. The summed E-state index contributed by atoms with van der Waals surface area (Å²) in [5.74, 6) is 0.117. The van der Waals surface area contributed by atoms with Gasteiger partial charge in [-0.3, -0.25) is 18.7 Å². The minimum Gasteiger partial charge on any atom is -0.508 e. The van der Waals surface area contributed by atoms with E-state index in [4.69, 9.17) is 0 Å². The number of fused-ring (bicyclic) bond motifs is 1. The standard InChI is InChI=1S/C16H16N4O4S/c1-8-6-9(4-5-10(8)21)11(22)7-25-15-17-12-13(18-15)19(2)16(24)20(3)14(12)23/h4-6,21H,7H2,1-3H3,(H,17,18). The number of carbonyl (C=O) groups excluding carboxylic acids is 1. The highest BCUT2D eigenvalue weighted by molar-refractivity contribution is 7.99. The van der Waals surface area contributed by atoms with Crippen LogP contribution in [0.1, 0.15) is 15.9 Å². The number of carbonyl (C=O) groups is 1. The molecule has 0 atom stereocenters. The second kappa shape index (κ2) is 6.25. The van der Waals surface area contributed by atoms with E-state index in [0.717, 1.165) is 16.3 Å². The van der Waals surface area contributed by atoms with Gasteiger partial charge in [-0.2, -0.15) is 0 Å². The fourth-order valence-corrected chi connectivity index (χ4v) is 3.18. The van der Waals surface area contributed by atoms with Gasteiger partial charge in [0.2, 0.25) is 0 Å². The summed E-state index contributed by atoms with van der Waals surface area (Å²) < 4.78 is 2.28. The number of aryl methyl sites for hydroxylation is 2. The number of aromatic amines is 1. The van der Waals surface area contributed by atoms with Crippen LogP contribution < -0.4 is 11.2 Å². The number of thioether (sulfide) groups is 1. The summed E-state index contributed by atoms with van der Waals surface area (Å²) in [5.41, 5.74) is 0.665. The van der Waals surface area contributed by atoms with Crippen LogP contribution in [0, 0.1) is 6.92 Å². The minimum absolute atomic E-state index is 0.109. The van der Waals surface area contributed by atoms with Crippen molar-refractivity contribution < 1.29 is 9.90 Å². The summed E-state index contributed by atoms with van der Waals surface area (Å²) in [6.07, 6.45) is 0. The molecule has 0 unspecified atom stereocenters. The summed E-state index contributed by atoms with van der Waals surface area (Å²) >= 11 is 1.15. The first-order chi connectivity index (χ1) is 11.8. The Morgan fingerprint density at radius 1 is 1.28 bits per heavy atom. The van der Waals surface area contributed by atoms with Crippen LogP contribution in [0.3, 0.4) is 0 Å². The van der Waals surface area contributed by atoms with Crippen LogP contribution in [0.5, 0.6) is 5.75 Å². The second-order valence-electron chi connectivity index (χ2n) is 5.66. The maximum Gasteiger partial charge on any atom is 0.332 e. The van der Waals surface area contributed by atoms with Crippen molar-refractivity contribution in [2.75, 3.05) is 5.75 Å². The van der Waals surface area contributed by atoms with E-state index in [1.165, 1.54) is 24.7 Å². The number of nitrogens with zero attached hydrogens (tertiary/aromatic N) is 3. The molecule has 3 aromatic rings. The van der Waals surface area contributed by atoms with Gasteiger partial charge >= 0.3 is 5.69 Å². The van der Waals surface area contributed by atoms with Crippen molar-refractivity contribution in [2.45, 2.75) is 12.1 Å². The molecule has 0 spiro atoms. The van der Waals surface area contributed by atoms with E-state index in [9.17, 15) is 19.5 Å². The highest BCUT2D eigenvalue weighted by Crippen LogP contribution is 2.21. The molecular formula is C16H16N4O4S. The SMILES string of the molecule is Cc1cc(C(=O)CSc2nc3c([nH]2)c(=O)n(C)c(=O)n3C)ccc1O. The van der Waals surface area contributed by atoms with Crippen LogP contribution in [0.15, 0.2) is 32.9 Å². The summed E-state index contributed by atoms with van der Waals surface area (Å²) in [5, 5.41) is 9.91. The number of H-pyrrole nitrogens is 1. The van der Waals surface area contributed by atoms with Crippen molar-refractivity contribution >= 4 is 28.7 Å². The number of rotatable bonds is 4. The molecule has 2 aromatic heterocycles. The number of phenolic OH excluding ortho intramolecular Hbond substituents is 1. The number of hydrogen-bond acceptors (Lipinski definition) is 6. The highest BCUT2D eigenvalue weighted by atomic mass is 32.2. The monoisotopic (exact) mass is 360 g/mol. The predicted molar refractivity (Wildman–Crippen MR) is 94.5 cm³/mol. The van der Waals surface area contributed by atoms with Crippen LogP contribution in [0.2, 0.25) is 0 Å². The Bertz CT molecular complexity index is 1110. The molecule has 2 heterocycles. The number of imidazole rings is 1. The summed E-state index contributed by atoms with van der Waals surface area (Å²) in [6, 6.07) is 4.66. The number of hydrogen-bond donors (Lipinski definition) is 2. The summed E-state index contributed by atoms with van der Waals surface area (Å²) in [4.78, 5) is 43.4. The van der Waals surface area contributed by atoms with Crippen LogP contribution in [0.25, 0.3) is 11.2 Å². The molecule has 130 valence electrons. The lowest BCUT2D eigenvalue weighted by Crippen LogP contribution is -2.36. The molecule has 0 aliphatic carbocycles. The molecule has 0 amide bonds. The van der Waals surface area contributed by atoms with Gasteiger partial charge in [0, 0.05) is 19.7 Å². The highest BCUT2D eigenvalue weighted by Gasteiger charge is 2.15. The van der Waals surface area contributed by atoms with Crippen LogP contribution in [0.4, 0.5) is 0 Å². The fraction of sp³-hybridized carbons (Fsp3) is 0.250. The Labute approximate surface area is 146 Å². The number of Topliss-reactive ketones (excluding diaryl/α,β-unsaturated/α-hetero) is 1. The largest absolute Gasteiger partial charge is 0.508 e. The first kappa shape index (κ1) is 17.0. The number of ketones is 1. The van der Waals surface area contributed by atoms with Gasteiger partial charge in [-0.05, 0) is 30.7 Å². The number of phenols is 1. The van der Waals surface area contributed by atoms with E-state index in [1.54, 1.807) is 19.1 Å². The van der Waals surface area contributed by atoms with Gasteiger partial charge in [0.1, 0.15) is 5.75 Å². The first-order valence-corrected chi connectivity index (χ1v) is 8.39. The van der Waals surface area contributed by atoms with Gasteiger partial charge in [-0.15, -0.1) is 0 Å². The van der Waals surface area contributed by atoms with Gasteiger partial charge in [0.05, 0.1) is 5.75 Å². The normalized spacial score (nSPS) is 11.2. The third kappa shape index (κ3) is 2.98. The van der Waals surface area contributed by atoms with E-state index < -0.39 is 11.2 Å². The maximum atomic E-state index is 12.3. The molecule has 0 radical (unpaired) electrons. The van der Waals surface area contributed by atoms with E-state index >= 15 is 0 Å². The number of aromatic hydroxyl groups is 1. The van der Waals surface area contributed by atoms with Gasteiger partial charge in [-0.25, -0.2) is 9.78 Å². The number of nitrogens with one attached hydrogen (secondary N) is 1. The predicted octanol–water partition coefficient (Wildman–Crippen LogP) is 0.949. The third-order valence-electron chi connectivity index (χ3n) is 3.93. The van der Waals surface area contributed by atoms with E-state index in [-0.39, 0.29) is 28.4 Å². The Morgan fingerprint density at radius 3 is 2.68 bits per heavy atom. The molecule has 1 aromatic carbocycles. The molecular weight excluding hydrogens is 344 g/mol. The number of benzene rings is 1. The molecule has 0 saturated heterocycles. The molecule has 2 N–H and O–H groups in total. The summed E-state index contributed by atoms with van der Waals surface area (Å²) in [6.45, 7) is 1.72. The average molecular weight is 360 g/mol. The Kier molecular flexibility index (Phi) is 4.25. The fourth-order valence-electron chi connectivity index (χ4n) is 2.42. The zero-order valence-corrected chi connectivity index (χ0v) is 14.7. The zero-order valence-electron chi connectivity index (χ0n) is 13.9. The smallest absolute Gasteiger partial charge is 0.332 e. The van der Waals surface area contributed by atoms with E-state index in [1.807, 2.05) is 0 Å². The molecule has 0 bridgehead atoms. The molecule has 8 nitrogen and oxygen atoms in total. The molecule has 0 saturated carbocycles. The van der Waals surface area contributed by atoms with Crippen molar-refractivity contribution in [3.05, 3.63) is 50.2 Å². The quantitative estimate of drug-likeness (QED) is 0.529. The van der Waals surface area contributed by atoms with Crippen molar-refractivity contribution in [3.8, 4) is 5.75 Å². The van der Waals surface area contributed by atoms with Crippen molar-refractivity contribution in [3.63, 3.8) is 0 Å². The molecule has 0 fully saturated rings. The Morgan fingerprint density at radius 2 is 2.00 bits per heavy atom. The van der Waals surface area contributed by atoms with Gasteiger partial charge < -0.3 is 10.1 Å². The molecule has 3 rings (SSSR count). The van der Waals surface area contributed by atoms with Crippen LogP contribution in [-0.2, 0) is 14.1 Å². The minimum atomic E-state index is -0.462. The van der Waals surface area contributed by atoms with Gasteiger partial charge in [0.25, 0.3) is 5.56 Å². The lowest BCUT2D eigenvalue weighted by molar-refractivity contribution is 0.102. The average Bonchev–Trinajstić information content (AvgIpc) is 3.03. The third-order valence-corrected chi connectivity index (χ3v) is 4.81. The zero-order chi connectivity index (χ0) is 18.3. The lowest BCUT2D eigenvalue weighted by Gasteiger charge is -2.03. The maximum absolute atomic E-state index is 12.3. The molecule has 0 aliphatic heterocycles. The lowest BCUT2D eigenvalue weighted by atomic mass is 10.1. The van der Waals surface area contributed by atoms with Crippen LogP contribution in [-0.4, -0.2) is 35.7 Å². The Balaban J connectivity index is 1.86. The van der Waals surface area contributed by atoms with Gasteiger partial charge in [-0.1, -0.05) is 11.8 Å². The van der Waals surface area contributed by atoms with Crippen LogP contribution >= 0.6 is 11.8 Å². The second-order valence-corrected chi connectivity index (χ2v) is 6.62. The summed E-state index contributed by atoms with van der Waals surface area (Å²) in [7, 11) is 2.93. The van der Waals surface area contributed by atoms with Gasteiger partial charge in [0.15, 0.2) is 22.1 Å². The Hall–Kier alpha value is -2.81. The van der Waals surface area contributed by atoms with E-state index in [0.29, 0.717) is 16.3 Å². The topological polar surface area (TPSA) is 110 Å².